The molecule has 2 aromatic heterocycles. The van der Waals surface area contributed by atoms with Crippen molar-refractivity contribution in [1.29, 1.82) is 0 Å². The number of fused-ring (bicyclic) bond motifs is 2. The normalized spacial score (nSPS) is 16.0. The predicted octanol–water partition coefficient (Wildman–Crippen LogP) is 2.63. The Morgan fingerprint density at radius 1 is 1.07 bits per heavy atom. The Morgan fingerprint density at radius 3 is 2.59 bits per heavy atom. The quantitative estimate of drug-likeness (QED) is 0.235. The molecule has 0 saturated carbocycles. The van der Waals surface area contributed by atoms with Crippen molar-refractivity contribution in [2.45, 2.75) is 31.7 Å². The van der Waals surface area contributed by atoms with Crippen LogP contribution in [0.25, 0.3) is 5.65 Å². The molecule has 0 radical (unpaired) electrons. The van der Waals surface area contributed by atoms with Crippen molar-refractivity contribution in [3.8, 4) is 5.75 Å². The molecule has 4 aromatic rings. The average molecular weight is 573 g/mol. The molecule has 41 heavy (non-hydrogen) atoms. The number of carbonyl (C=O) groups excluding carboxylic acids is 2. The number of aromatic carboxylic acids is 1. The molecule has 212 valence electrons. The van der Waals surface area contributed by atoms with Crippen LogP contribution >= 0.6 is 0 Å². The van der Waals surface area contributed by atoms with Crippen LogP contribution in [0.15, 0.2) is 48.7 Å². The first kappa shape index (κ1) is 27.5. The van der Waals surface area contributed by atoms with Crippen molar-refractivity contribution >= 4 is 23.4 Å². The number of halogens is 4. The summed E-state index contributed by atoms with van der Waals surface area (Å²) in [5, 5.41) is 28.6. The van der Waals surface area contributed by atoms with Gasteiger partial charge in [-0.25, -0.2) is 23.1 Å². The summed E-state index contributed by atoms with van der Waals surface area (Å²) in [5.41, 5.74) is 0.0734. The molecule has 4 N–H and O–H groups in total. The number of hydrogen-bond acceptors (Lipinski definition) is 7. The largest absolute Gasteiger partial charge is 0.478 e. The van der Waals surface area contributed by atoms with Gasteiger partial charge in [0.15, 0.2) is 23.0 Å². The fourth-order valence-corrected chi connectivity index (χ4v) is 4.49. The van der Waals surface area contributed by atoms with Gasteiger partial charge in [0.2, 0.25) is 0 Å². The maximum Gasteiger partial charge on any atom is 0.387 e. The summed E-state index contributed by atoms with van der Waals surface area (Å²) >= 11 is 0. The van der Waals surface area contributed by atoms with Crippen LogP contribution in [-0.4, -0.2) is 55.3 Å². The number of aliphatic hydroxyl groups excluding tert-OH is 1. The van der Waals surface area contributed by atoms with Crippen LogP contribution in [0.1, 0.15) is 54.1 Å². The molecule has 0 saturated heterocycles. The first-order chi connectivity index (χ1) is 19.5. The molecule has 5 rings (SSSR count). The second-order valence-corrected chi connectivity index (χ2v) is 9.02. The van der Waals surface area contributed by atoms with E-state index in [1.807, 2.05) is 0 Å². The third-order valence-electron chi connectivity index (χ3n) is 6.38. The second kappa shape index (κ2) is 10.8. The van der Waals surface area contributed by atoms with Gasteiger partial charge < -0.3 is 25.6 Å². The molecule has 1 aliphatic rings. The molecular weight excluding hydrogens is 554 g/mol. The van der Waals surface area contributed by atoms with Crippen LogP contribution < -0.4 is 15.4 Å². The number of aliphatic hydroxyl groups is 1. The Morgan fingerprint density at radius 2 is 1.85 bits per heavy atom. The molecule has 0 unspecified atom stereocenters. The zero-order valence-electron chi connectivity index (χ0n) is 20.6. The molecule has 1 aliphatic carbocycles. The second-order valence-electron chi connectivity index (χ2n) is 9.02. The van der Waals surface area contributed by atoms with Crippen molar-refractivity contribution in [2.24, 2.45) is 0 Å². The van der Waals surface area contributed by atoms with E-state index in [0.717, 1.165) is 28.9 Å². The van der Waals surface area contributed by atoms with E-state index in [1.54, 1.807) is 0 Å². The van der Waals surface area contributed by atoms with Crippen molar-refractivity contribution < 1.29 is 46.9 Å². The number of alkyl halides is 2. The standard InChI is InChI=1S/C26H19F4N5O6/c27-15-4-1-11(5-20(15)41-26(29)30)9-31-23(37)17-8-18(35-22(33-17)16(28)10-32-35)24(38)34-21-14-3-2-12(25(39)40)6-13(14)7-19(21)36/h1-6,8,10,19,21,26,36H,7,9H2,(H,31,37)(H,34,38)(H,39,40)/t19-,21-/m1/s1. The number of aromatic nitrogens is 3. The van der Waals surface area contributed by atoms with Crippen molar-refractivity contribution in [3.05, 3.63) is 93.9 Å². The minimum Gasteiger partial charge on any atom is -0.478 e. The summed E-state index contributed by atoms with van der Waals surface area (Å²) < 4.78 is 58.1. The van der Waals surface area contributed by atoms with Gasteiger partial charge in [-0.15, -0.1) is 0 Å². The fraction of sp³-hybridized carbons (Fsp3) is 0.192. The zero-order valence-corrected chi connectivity index (χ0v) is 20.6. The highest BCUT2D eigenvalue weighted by molar-refractivity contribution is 5.98. The van der Waals surface area contributed by atoms with Gasteiger partial charge in [0.05, 0.1) is 23.9 Å². The Labute approximate surface area is 227 Å². The Kier molecular flexibility index (Phi) is 7.28. The topological polar surface area (TPSA) is 155 Å². The van der Waals surface area contributed by atoms with E-state index >= 15 is 0 Å². The third kappa shape index (κ3) is 5.51. The summed E-state index contributed by atoms with van der Waals surface area (Å²) in [7, 11) is 0. The van der Waals surface area contributed by atoms with E-state index in [-0.39, 0.29) is 29.8 Å². The number of benzene rings is 2. The molecule has 2 heterocycles. The number of hydrogen-bond donors (Lipinski definition) is 4. The molecule has 0 fully saturated rings. The highest BCUT2D eigenvalue weighted by Crippen LogP contribution is 2.32. The summed E-state index contributed by atoms with van der Waals surface area (Å²) in [6, 6.07) is 7.38. The first-order valence-corrected chi connectivity index (χ1v) is 11.9. The van der Waals surface area contributed by atoms with E-state index in [0.29, 0.717) is 11.1 Å². The van der Waals surface area contributed by atoms with Crippen LogP contribution in [0, 0.1) is 11.6 Å². The number of amides is 2. The van der Waals surface area contributed by atoms with Crippen LogP contribution in [0.4, 0.5) is 17.6 Å². The van der Waals surface area contributed by atoms with Crippen LogP contribution in [0.2, 0.25) is 0 Å². The summed E-state index contributed by atoms with van der Waals surface area (Å²) in [5.74, 6) is -5.57. The maximum atomic E-state index is 14.4. The monoisotopic (exact) mass is 573 g/mol. The minimum atomic E-state index is -3.26. The van der Waals surface area contributed by atoms with Gasteiger partial charge in [-0.1, -0.05) is 12.1 Å². The van der Waals surface area contributed by atoms with Crippen molar-refractivity contribution in [2.75, 3.05) is 0 Å². The van der Waals surface area contributed by atoms with E-state index in [1.165, 1.54) is 24.3 Å². The van der Waals surface area contributed by atoms with E-state index < -0.39 is 65.3 Å². The fourth-order valence-electron chi connectivity index (χ4n) is 4.49. The summed E-state index contributed by atoms with van der Waals surface area (Å²) in [6.45, 7) is -3.54. The van der Waals surface area contributed by atoms with E-state index in [9.17, 15) is 42.2 Å². The molecule has 0 spiro atoms. The van der Waals surface area contributed by atoms with E-state index in [4.69, 9.17) is 0 Å². The Hall–Kier alpha value is -5.05. The van der Waals surface area contributed by atoms with Gasteiger partial charge >= 0.3 is 12.6 Å². The van der Waals surface area contributed by atoms with Crippen molar-refractivity contribution in [1.82, 2.24) is 25.2 Å². The molecule has 0 bridgehead atoms. The highest BCUT2D eigenvalue weighted by Gasteiger charge is 2.34. The van der Waals surface area contributed by atoms with Crippen LogP contribution in [0.5, 0.6) is 5.75 Å². The predicted molar refractivity (Wildman–Crippen MR) is 130 cm³/mol. The molecule has 2 atom stereocenters. The minimum absolute atomic E-state index is 0.0137. The van der Waals surface area contributed by atoms with Gasteiger partial charge in [0, 0.05) is 19.0 Å². The highest BCUT2D eigenvalue weighted by atomic mass is 19.3. The van der Waals surface area contributed by atoms with Gasteiger partial charge in [-0.2, -0.15) is 13.9 Å². The molecule has 0 aliphatic heterocycles. The van der Waals surface area contributed by atoms with E-state index in [2.05, 4.69) is 25.5 Å². The Balaban J connectivity index is 1.39. The lowest BCUT2D eigenvalue weighted by molar-refractivity contribution is -0.0522. The van der Waals surface area contributed by atoms with Crippen LogP contribution in [0.3, 0.4) is 0 Å². The summed E-state index contributed by atoms with van der Waals surface area (Å²) in [6.07, 6.45) is -0.233. The third-order valence-corrected chi connectivity index (χ3v) is 6.38. The lowest BCUT2D eigenvalue weighted by atomic mass is 10.0. The number of ether oxygens (including phenoxy) is 1. The first-order valence-electron chi connectivity index (χ1n) is 11.9. The number of carbonyl (C=O) groups is 3. The van der Waals surface area contributed by atoms with Gasteiger partial charge in [-0.05, 0) is 41.0 Å². The number of nitrogens with zero attached hydrogens (tertiary/aromatic N) is 3. The molecule has 15 heteroatoms. The summed E-state index contributed by atoms with van der Waals surface area (Å²) in [4.78, 5) is 41.4. The Bertz CT molecular complexity index is 1690. The lowest BCUT2D eigenvalue weighted by Crippen LogP contribution is -2.35. The van der Waals surface area contributed by atoms with Gasteiger partial charge in [0.1, 0.15) is 11.4 Å². The number of rotatable bonds is 8. The lowest BCUT2D eigenvalue weighted by Gasteiger charge is -2.18. The maximum absolute atomic E-state index is 14.4. The molecular formula is C26H19F4N5O6. The van der Waals surface area contributed by atoms with Gasteiger partial charge in [0.25, 0.3) is 11.8 Å². The smallest absolute Gasteiger partial charge is 0.387 e. The van der Waals surface area contributed by atoms with Crippen LogP contribution in [-0.2, 0) is 13.0 Å². The average Bonchev–Trinajstić information content (AvgIpc) is 3.46. The number of carboxylic acid groups (broad SMARTS) is 1. The molecule has 2 aromatic carbocycles. The zero-order chi connectivity index (χ0) is 29.4. The number of carboxylic acids is 1. The molecule has 2 amide bonds. The van der Waals surface area contributed by atoms with Gasteiger partial charge in [-0.3, -0.25) is 9.59 Å². The molecule has 11 nitrogen and oxygen atoms in total. The SMILES string of the molecule is O=C(O)c1ccc2c(c1)C[C@@H](O)[C@@H]2NC(=O)c1cc(C(=O)NCc2ccc(F)c(OC(F)F)c2)nc2c(F)cnn12. The number of nitrogens with one attached hydrogen (secondary N) is 2. The van der Waals surface area contributed by atoms with Crippen molar-refractivity contribution in [3.63, 3.8) is 0 Å².